The summed E-state index contributed by atoms with van der Waals surface area (Å²) < 4.78 is 0. The fourth-order valence-corrected chi connectivity index (χ4v) is 3.05. The van der Waals surface area contributed by atoms with Crippen LogP contribution in [0.4, 0.5) is 0 Å². The molecular formula is C18H27IN4OS. The summed E-state index contributed by atoms with van der Waals surface area (Å²) in [5.74, 6) is 0.791. The SMILES string of the molecule is CCNC(=NCc1csc(CC)n1)NCC(CO)c1ccccc1.I. The van der Waals surface area contributed by atoms with Gasteiger partial charge in [0.2, 0.25) is 0 Å². The van der Waals surface area contributed by atoms with Crippen molar-refractivity contribution in [1.82, 2.24) is 15.6 Å². The van der Waals surface area contributed by atoms with E-state index >= 15 is 0 Å². The van der Waals surface area contributed by atoms with Gasteiger partial charge in [-0.2, -0.15) is 0 Å². The Hall–Kier alpha value is -1.19. The highest BCUT2D eigenvalue weighted by molar-refractivity contribution is 14.0. The number of rotatable bonds is 8. The van der Waals surface area contributed by atoms with Crippen molar-refractivity contribution in [2.24, 2.45) is 4.99 Å². The number of nitrogens with one attached hydrogen (secondary N) is 2. The monoisotopic (exact) mass is 474 g/mol. The summed E-state index contributed by atoms with van der Waals surface area (Å²) in [7, 11) is 0. The number of thiazole rings is 1. The second-order valence-corrected chi connectivity index (χ2v) is 6.40. The average Bonchev–Trinajstić information content (AvgIpc) is 3.09. The summed E-state index contributed by atoms with van der Waals surface area (Å²) in [6.45, 7) is 6.22. The lowest BCUT2D eigenvalue weighted by molar-refractivity contribution is 0.265. The van der Waals surface area contributed by atoms with Crippen LogP contribution in [-0.4, -0.2) is 35.7 Å². The number of aliphatic hydroxyl groups is 1. The van der Waals surface area contributed by atoms with Gasteiger partial charge in [0.25, 0.3) is 0 Å². The second kappa shape index (κ2) is 12.2. The predicted molar refractivity (Wildman–Crippen MR) is 116 cm³/mol. The minimum atomic E-state index is 0. The van der Waals surface area contributed by atoms with E-state index in [4.69, 9.17) is 0 Å². The summed E-state index contributed by atoms with van der Waals surface area (Å²) in [5, 5.41) is 19.4. The maximum atomic E-state index is 9.65. The molecule has 0 aliphatic carbocycles. The van der Waals surface area contributed by atoms with Crippen molar-refractivity contribution in [2.75, 3.05) is 19.7 Å². The van der Waals surface area contributed by atoms with Crippen molar-refractivity contribution in [1.29, 1.82) is 0 Å². The third-order valence-corrected chi connectivity index (χ3v) is 4.69. The first-order chi connectivity index (χ1) is 11.8. The van der Waals surface area contributed by atoms with E-state index in [1.54, 1.807) is 11.3 Å². The van der Waals surface area contributed by atoms with Crippen LogP contribution in [0.1, 0.15) is 36.0 Å². The third-order valence-electron chi connectivity index (χ3n) is 3.65. The van der Waals surface area contributed by atoms with Crippen molar-refractivity contribution in [2.45, 2.75) is 32.7 Å². The summed E-state index contributed by atoms with van der Waals surface area (Å²) in [5.41, 5.74) is 2.12. The van der Waals surface area contributed by atoms with Gasteiger partial charge in [0.05, 0.1) is 23.9 Å². The zero-order valence-corrected chi connectivity index (χ0v) is 17.9. The van der Waals surface area contributed by atoms with Gasteiger partial charge >= 0.3 is 0 Å². The highest BCUT2D eigenvalue weighted by atomic mass is 127. The number of aryl methyl sites for hydroxylation is 1. The molecular weight excluding hydrogens is 447 g/mol. The molecule has 0 saturated heterocycles. The number of aliphatic imine (C=N–C) groups is 1. The smallest absolute Gasteiger partial charge is 0.191 e. The van der Waals surface area contributed by atoms with Gasteiger partial charge in [-0.15, -0.1) is 35.3 Å². The van der Waals surface area contributed by atoms with Gasteiger partial charge < -0.3 is 15.7 Å². The molecule has 138 valence electrons. The van der Waals surface area contributed by atoms with Gasteiger partial charge in [0.15, 0.2) is 5.96 Å². The Labute approximate surface area is 171 Å². The van der Waals surface area contributed by atoms with Gasteiger partial charge in [0, 0.05) is 24.4 Å². The molecule has 1 unspecified atom stereocenters. The van der Waals surface area contributed by atoms with Crippen molar-refractivity contribution in [3.63, 3.8) is 0 Å². The number of aromatic nitrogens is 1. The van der Waals surface area contributed by atoms with Crippen LogP contribution in [0.3, 0.4) is 0 Å². The molecule has 5 nitrogen and oxygen atoms in total. The number of guanidine groups is 1. The zero-order valence-electron chi connectivity index (χ0n) is 14.7. The average molecular weight is 474 g/mol. The number of hydrogen-bond acceptors (Lipinski definition) is 4. The first kappa shape index (κ1) is 21.9. The molecule has 1 atom stereocenters. The number of nitrogens with zero attached hydrogens (tertiary/aromatic N) is 2. The molecule has 2 aromatic rings. The van der Waals surface area contributed by atoms with E-state index in [0.29, 0.717) is 13.1 Å². The van der Waals surface area contributed by atoms with Crippen molar-refractivity contribution < 1.29 is 5.11 Å². The lowest BCUT2D eigenvalue weighted by Gasteiger charge is -2.18. The molecule has 0 bridgehead atoms. The Kier molecular flexibility index (Phi) is 10.7. The van der Waals surface area contributed by atoms with E-state index in [1.165, 1.54) is 0 Å². The van der Waals surface area contributed by atoms with E-state index in [1.807, 2.05) is 37.3 Å². The molecule has 0 fully saturated rings. The van der Waals surface area contributed by atoms with Gasteiger partial charge in [-0.25, -0.2) is 9.98 Å². The lowest BCUT2D eigenvalue weighted by Crippen LogP contribution is -2.39. The molecule has 25 heavy (non-hydrogen) atoms. The first-order valence-electron chi connectivity index (χ1n) is 8.38. The largest absolute Gasteiger partial charge is 0.396 e. The van der Waals surface area contributed by atoms with Gasteiger partial charge in [0.1, 0.15) is 0 Å². The molecule has 1 heterocycles. The molecule has 0 aliphatic heterocycles. The molecule has 3 N–H and O–H groups in total. The molecule has 0 saturated carbocycles. The van der Waals surface area contributed by atoms with Gasteiger partial charge in [-0.05, 0) is 18.9 Å². The van der Waals surface area contributed by atoms with E-state index in [-0.39, 0.29) is 36.5 Å². The third kappa shape index (κ3) is 7.29. The Morgan fingerprint density at radius 2 is 2.00 bits per heavy atom. The molecule has 7 heteroatoms. The zero-order chi connectivity index (χ0) is 17.2. The van der Waals surface area contributed by atoms with Crippen molar-refractivity contribution in [3.8, 4) is 0 Å². The standard InChI is InChI=1S/C18H26N4OS.HI/c1-3-17-22-16(13-24-17)11-21-18(19-4-2)20-10-15(12-23)14-8-6-5-7-9-14;/h5-9,13,15,23H,3-4,10-12H2,1-2H3,(H2,19,20,21);1H. The van der Waals surface area contributed by atoms with Crippen LogP contribution in [-0.2, 0) is 13.0 Å². The lowest BCUT2D eigenvalue weighted by atomic mass is 10.0. The van der Waals surface area contributed by atoms with E-state index in [0.717, 1.165) is 35.2 Å². The Morgan fingerprint density at radius 3 is 2.60 bits per heavy atom. The number of benzene rings is 1. The number of halogens is 1. The van der Waals surface area contributed by atoms with Gasteiger partial charge in [-0.1, -0.05) is 37.3 Å². The maximum Gasteiger partial charge on any atom is 0.191 e. The fourth-order valence-electron chi connectivity index (χ4n) is 2.32. The van der Waals surface area contributed by atoms with E-state index in [9.17, 15) is 5.11 Å². The number of hydrogen-bond donors (Lipinski definition) is 3. The van der Waals surface area contributed by atoms with E-state index < -0.39 is 0 Å². The van der Waals surface area contributed by atoms with Crippen LogP contribution in [0.2, 0.25) is 0 Å². The molecule has 2 rings (SSSR count). The number of aliphatic hydroxyl groups excluding tert-OH is 1. The summed E-state index contributed by atoms with van der Waals surface area (Å²) in [4.78, 5) is 9.12. The summed E-state index contributed by atoms with van der Waals surface area (Å²) in [6.07, 6.45) is 0.960. The highest BCUT2D eigenvalue weighted by Gasteiger charge is 2.11. The molecule has 1 aromatic heterocycles. The van der Waals surface area contributed by atoms with Crippen LogP contribution in [0.25, 0.3) is 0 Å². The maximum absolute atomic E-state index is 9.65. The highest BCUT2D eigenvalue weighted by Crippen LogP contribution is 2.14. The normalized spacial score (nSPS) is 12.4. The van der Waals surface area contributed by atoms with Crippen LogP contribution < -0.4 is 10.6 Å². The van der Waals surface area contributed by atoms with Crippen LogP contribution in [0.5, 0.6) is 0 Å². The van der Waals surface area contributed by atoms with Crippen LogP contribution in [0, 0.1) is 0 Å². The minimum absolute atomic E-state index is 0. The topological polar surface area (TPSA) is 69.5 Å². The molecule has 0 aliphatic rings. The van der Waals surface area contributed by atoms with Crippen molar-refractivity contribution >= 4 is 41.3 Å². The molecule has 0 radical (unpaired) electrons. The molecule has 1 aromatic carbocycles. The molecule has 0 amide bonds. The van der Waals surface area contributed by atoms with Crippen LogP contribution >= 0.6 is 35.3 Å². The Morgan fingerprint density at radius 1 is 1.24 bits per heavy atom. The minimum Gasteiger partial charge on any atom is -0.396 e. The second-order valence-electron chi connectivity index (χ2n) is 5.45. The van der Waals surface area contributed by atoms with Crippen molar-refractivity contribution in [3.05, 3.63) is 52.0 Å². The predicted octanol–water partition coefficient (Wildman–Crippen LogP) is 3.15. The quantitative estimate of drug-likeness (QED) is 0.313. The Bertz CT molecular complexity index is 633. The molecule has 0 spiro atoms. The van der Waals surface area contributed by atoms with Gasteiger partial charge in [-0.3, -0.25) is 0 Å². The van der Waals surface area contributed by atoms with E-state index in [2.05, 4.69) is 32.9 Å². The van der Waals surface area contributed by atoms with Crippen LogP contribution in [0.15, 0.2) is 40.7 Å². The summed E-state index contributed by atoms with van der Waals surface area (Å²) >= 11 is 1.68. The Balaban J connectivity index is 0.00000312. The summed E-state index contributed by atoms with van der Waals surface area (Å²) in [6, 6.07) is 10.0. The fraction of sp³-hybridized carbons (Fsp3) is 0.444. The first-order valence-corrected chi connectivity index (χ1v) is 9.26.